The number of carbonyl (C=O) groups excluding carboxylic acids is 1. The molecule has 0 radical (unpaired) electrons. The number of carbonyl (C=O) groups is 1. The van der Waals surface area contributed by atoms with Crippen LogP contribution in [0.2, 0.25) is 0 Å². The number of nitrogens with one attached hydrogen (secondary N) is 2. The zero-order valence-electron chi connectivity index (χ0n) is 11.3. The predicted octanol–water partition coefficient (Wildman–Crippen LogP) is 2.19. The van der Waals surface area contributed by atoms with E-state index in [-0.39, 0.29) is 5.91 Å². The first-order valence-electron chi connectivity index (χ1n) is 7.39. The van der Waals surface area contributed by atoms with Crippen molar-refractivity contribution < 1.29 is 4.79 Å². The van der Waals surface area contributed by atoms with E-state index in [0.717, 1.165) is 6.54 Å². The third kappa shape index (κ3) is 3.57. The molecule has 19 heavy (non-hydrogen) atoms. The summed E-state index contributed by atoms with van der Waals surface area (Å²) in [5.74, 6) is 0.910. The van der Waals surface area contributed by atoms with Gasteiger partial charge in [0.15, 0.2) is 0 Å². The molecule has 3 nitrogen and oxygen atoms in total. The molecule has 3 rings (SSSR count). The molecule has 0 aromatic heterocycles. The molecule has 2 aliphatic rings. The van der Waals surface area contributed by atoms with Crippen molar-refractivity contribution in [3.05, 3.63) is 35.9 Å². The third-order valence-electron chi connectivity index (χ3n) is 4.14. The van der Waals surface area contributed by atoms with E-state index in [4.69, 9.17) is 0 Å². The van der Waals surface area contributed by atoms with Gasteiger partial charge in [-0.3, -0.25) is 4.79 Å². The highest BCUT2D eigenvalue weighted by Crippen LogP contribution is 2.36. The maximum Gasteiger partial charge on any atom is 0.221 e. The highest BCUT2D eigenvalue weighted by molar-refractivity contribution is 5.76. The summed E-state index contributed by atoms with van der Waals surface area (Å²) in [6.07, 6.45) is 5.35. The van der Waals surface area contributed by atoms with Crippen molar-refractivity contribution in [3.8, 4) is 0 Å². The molecule has 2 N–H and O–H groups in total. The van der Waals surface area contributed by atoms with Crippen molar-refractivity contribution in [3.63, 3.8) is 0 Å². The topological polar surface area (TPSA) is 41.1 Å². The second kappa shape index (κ2) is 5.74. The van der Waals surface area contributed by atoms with E-state index in [2.05, 4.69) is 41.0 Å². The summed E-state index contributed by atoms with van der Waals surface area (Å²) in [7, 11) is 0. The highest BCUT2D eigenvalue weighted by atomic mass is 16.1. The molecule has 0 aliphatic heterocycles. The first-order valence-corrected chi connectivity index (χ1v) is 7.39. The van der Waals surface area contributed by atoms with Crippen molar-refractivity contribution >= 4 is 5.91 Å². The van der Waals surface area contributed by atoms with Gasteiger partial charge in [-0.15, -0.1) is 0 Å². The van der Waals surface area contributed by atoms with Crippen LogP contribution >= 0.6 is 0 Å². The molecule has 0 bridgehead atoms. The number of benzene rings is 1. The molecule has 0 saturated heterocycles. The first kappa shape index (κ1) is 12.7. The summed E-state index contributed by atoms with van der Waals surface area (Å²) in [6, 6.07) is 11.8. The first-order chi connectivity index (χ1) is 9.31. The second-order valence-electron chi connectivity index (χ2n) is 5.82. The summed E-state index contributed by atoms with van der Waals surface area (Å²) < 4.78 is 0. The minimum absolute atomic E-state index is 0.203. The number of amides is 1. The largest absolute Gasteiger partial charge is 0.353 e. The molecule has 0 unspecified atom stereocenters. The van der Waals surface area contributed by atoms with E-state index < -0.39 is 0 Å². The lowest BCUT2D eigenvalue weighted by atomic mass is 9.76. The van der Waals surface area contributed by atoms with Crippen LogP contribution in [0.25, 0.3) is 0 Å². The molecule has 0 spiro atoms. The average Bonchev–Trinajstić information content (AvgIpc) is 3.17. The lowest BCUT2D eigenvalue weighted by Gasteiger charge is -2.36. The van der Waals surface area contributed by atoms with Crippen LogP contribution in [0.15, 0.2) is 30.3 Å². The Morgan fingerprint density at radius 2 is 1.84 bits per heavy atom. The van der Waals surface area contributed by atoms with Crippen LogP contribution in [0, 0.1) is 0 Å². The van der Waals surface area contributed by atoms with Crippen LogP contribution in [-0.4, -0.2) is 24.5 Å². The van der Waals surface area contributed by atoms with Gasteiger partial charge in [0.25, 0.3) is 0 Å². The number of hydrogen-bond donors (Lipinski definition) is 2. The van der Waals surface area contributed by atoms with E-state index in [1.165, 1.54) is 31.2 Å². The van der Waals surface area contributed by atoms with Gasteiger partial charge in [-0.25, -0.2) is 0 Å². The van der Waals surface area contributed by atoms with Gasteiger partial charge in [0.05, 0.1) is 0 Å². The summed E-state index contributed by atoms with van der Waals surface area (Å²) >= 11 is 0. The molecule has 3 heteroatoms. The predicted molar refractivity (Wildman–Crippen MR) is 76.0 cm³/mol. The van der Waals surface area contributed by atoms with E-state index in [1.807, 2.05) is 0 Å². The maximum atomic E-state index is 11.5. The third-order valence-corrected chi connectivity index (χ3v) is 4.14. The van der Waals surface area contributed by atoms with Gasteiger partial charge in [-0.05, 0) is 37.2 Å². The zero-order valence-corrected chi connectivity index (χ0v) is 11.3. The molecule has 1 aromatic carbocycles. The molecule has 0 atom stereocenters. The van der Waals surface area contributed by atoms with E-state index >= 15 is 0 Å². The monoisotopic (exact) mass is 258 g/mol. The lowest BCUT2D eigenvalue weighted by molar-refractivity contribution is -0.121. The van der Waals surface area contributed by atoms with Gasteiger partial charge in [-0.1, -0.05) is 30.3 Å². The fraction of sp³-hybridized carbons (Fsp3) is 0.562. The van der Waals surface area contributed by atoms with Gasteiger partial charge in [0, 0.05) is 25.0 Å². The normalized spacial score (nSPS) is 25.7. The number of rotatable bonds is 6. The standard InChI is InChI=1S/C16H22N2O/c19-16(18-14-6-7-14)8-9-17-15-10-13(11-15)12-4-2-1-3-5-12/h1-5,13-15,17H,6-11H2,(H,18,19). The fourth-order valence-electron chi connectivity index (χ4n) is 2.70. The Morgan fingerprint density at radius 3 is 2.53 bits per heavy atom. The molecule has 2 fully saturated rings. The minimum atomic E-state index is 0.203. The highest BCUT2D eigenvalue weighted by Gasteiger charge is 2.29. The van der Waals surface area contributed by atoms with Crippen molar-refractivity contribution in [1.82, 2.24) is 10.6 Å². The van der Waals surface area contributed by atoms with Gasteiger partial charge in [0.1, 0.15) is 0 Å². The lowest BCUT2D eigenvalue weighted by Crippen LogP contribution is -2.41. The summed E-state index contributed by atoms with van der Waals surface area (Å²) in [4.78, 5) is 11.5. The van der Waals surface area contributed by atoms with E-state index in [9.17, 15) is 4.79 Å². The molecular weight excluding hydrogens is 236 g/mol. The van der Waals surface area contributed by atoms with E-state index in [1.54, 1.807) is 0 Å². The SMILES string of the molecule is O=C(CCNC1CC(c2ccccc2)C1)NC1CC1. The van der Waals surface area contributed by atoms with Crippen LogP contribution in [0.5, 0.6) is 0 Å². The molecule has 102 valence electrons. The van der Waals surface area contributed by atoms with Crippen molar-refractivity contribution in [2.45, 2.75) is 50.1 Å². The summed E-state index contributed by atoms with van der Waals surface area (Å²) in [5.41, 5.74) is 1.45. The Morgan fingerprint density at radius 1 is 1.11 bits per heavy atom. The zero-order chi connectivity index (χ0) is 13.1. The van der Waals surface area contributed by atoms with Crippen molar-refractivity contribution in [2.24, 2.45) is 0 Å². The molecule has 1 aromatic rings. The Bertz CT molecular complexity index is 422. The van der Waals surface area contributed by atoms with Crippen LogP contribution in [0.1, 0.15) is 43.6 Å². The Hall–Kier alpha value is -1.35. The molecule has 2 saturated carbocycles. The number of hydrogen-bond acceptors (Lipinski definition) is 2. The summed E-state index contributed by atoms with van der Waals surface area (Å²) in [5, 5.41) is 6.50. The van der Waals surface area contributed by atoms with Gasteiger partial charge < -0.3 is 10.6 Å². The van der Waals surface area contributed by atoms with E-state index in [0.29, 0.717) is 24.4 Å². The van der Waals surface area contributed by atoms with Crippen molar-refractivity contribution in [1.29, 1.82) is 0 Å². The van der Waals surface area contributed by atoms with Gasteiger partial charge in [0.2, 0.25) is 5.91 Å². The molecule has 0 heterocycles. The summed E-state index contributed by atoms with van der Waals surface area (Å²) in [6.45, 7) is 0.810. The second-order valence-corrected chi connectivity index (χ2v) is 5.82. The maximum absolute atomic E-state index is 11.5. The van der Waals surface area contributed by atoms with Crippen molar-refractivity contribution in [2.75, 3.05) is 6.54 Å². The Labute approximate surface area is 114 Å². The molecular formula is C16H22N2O. The Kier molecular flexibility index (Phi) is 3.83. The van der Waals surface area contributed by atoms with Gasteiger partial charge in [-0.2, -0.15) is 0 Å². The molecule has 2 aliphatic carbocycles. The van der Waals surface area contributed by atoms with Crippen LogP contribution in [-0.2, 0) is 4.79 Å². The van der Waals surface area contributed by atoms with Gasteiger partial charge >= 0.3 is 0 Å². The average molecular weight is 258 g/mol. The minimum Gasteiger partial charge on any atom is -0.353 e. The fourth-order valence-corrected chi connectivity index (χ4v) is 2.70. The van der Waals surface area contributed by atoms with Crippen LogP contribution in [0.3, 0.4) is 0 Å². The molecule has 1 amide bonds. The smallest absolute Gasteiger partial charge is 0.221 e. The Balaban J connectivity index is 1.30. The van der Waals surface area contributed by atoms with Crippen LogP contribution in [0.4, 0.5) is 0 Å². The van der Waals surface area contributed by atoms with Crippen LogP contribution < -0.4 is 10.6 Å². The quantitative estimate of drug-likeness (QED) is 0.821.